The fourth-order valence-corrected chi connectivity index (χ4v) is 25.2. The molecular formula is C114H77B3Br6O10S3. The zero-order valence-corrected chi connectivity index (χ0v) is 85.1. The average molecular weight is 2210 g/mol. The molecule has 10 nitrogen and oxygen atoms in total. The number of furan rings is 4. The van der Waals surface area contributed by atoms with Gasteiger partial charge in [-0.25, -0.2) is 0 Å². The molecule has 0 atom stereocenters. The SMILES string of the molecule is Brc1cc(-c2ccc3c(c2)oc2ccccc23)cc(-c2ccc3c(c2)sc2ccccc23)c1.Brc1cc(Br)cc(-c2ccc3c(c2)oc2ccccc23)c1.Brc1cc(Br)cc(Br)c1.CC1(C)OB(c2cc(-c3ccc4c(c3)oc3ccccc34)cc(-c3ccc4c(c3)sc3ccccc34)c2)OC1(C)C.OB(O)c1ccc2c(c1)oc1ccccc12.OB(O)c1ccc2c(c1)sc1ccccc12. The maximum Gasteiger partial charge on any atom is 0.494 e. The molecule has 1 saturated heterocycles. The molecule has 0 radical (unpaired) electrons. The van der Waals surface area contributed by atoms with Gasteiger partial charge in [0.15, 0.2) is 0 Å². The summed E-state index contributed by atoms with van der Waals surface area (Å²) in [5, 5.41) is 53.0. The summed E-state index contributed by atoms with van der Waals surface area (Å²) in [6, 6.07) is 127. The lowest BCUT2D eigenvalue weighted by Crippen LogP contribution is -2.41. The molecule has 0 spiro atoms. The minimum absolute atomic E-state index is 0.420. The summed E-state index contributed by atoms with van der Waals surface area (Å²) in [4.78, 5) is 0. The summed E-state index contributed by atoms with van der Waals surface area (Å²) in [6.07, 6.45) is 0. The van der Waals surface area contributed by atoms with Crippen LogP contribution in [-0.4, -0.2) is 52.7 Å². The number of halogens is 6. The van der Waals surface area contributed by atoms with Crippen molar-refractivity contribution < 1.29 is 47.1 Å². The van der Waals surface area contributed by atoms with Crippen LogP contribution in [0.2, 0.25) is 0 Å². The van der Waals surface area contributed by atoms with Gasteiger partial charge in [-0.3, -0.25) is 0 Å². The van der Waals surface area contributed by atoms with E-state index in [1.807, 2.05) is 144 Å². The van der Waals surface area contributed by atoms with Crippen LogP contribution >= 0.6 is 130 Å². The Bertz CT molecular complexity index is 8470. The van der Waals surface area contributed by atoms with E-state index in [1.165, 1.54) is 72.5 Å². The van der Waals surface area contributed by atoms with Crippen molar-refractivity contribution in [2.24, 2.45) is 0 Å². The van der Waals surface area contributed by atoms with Gasteiger partial charge in [0.1, 0.15) is 44.7 Å². The molecule has 0 unspecified atom stereocenters. The molecule has 18 aromatic carbocycles. The van der Waals surface area contributed by atoms with E-state index >= 15 is 0 Å². The van der Waals surface area contributed by atoms with E-state index in [0.717, 1.165) is 158 Å². The minimum Gasteiger partial charge on any atom is -0.456 e. The summed E-state index contributed by atoms with van der Waals surface area (Å²) in [5.74, 6) is 0. The molecule has 0 amide bonds. The zero-order valence-electron chi connectivity index (χ0n) is 73.2. The lowest BCUT2D eigenvalue weighted by molar-refractivity contribution is 0.00578. The lowest BCUT2D eigenvalue weighted by Gasteiger charge is -2.32. The highest BCUT2D eigenvalue weighted by molar-refractivity contribution is 9.12. The number of para-hydroxylation sites is 4. The first-order chi connectivity index (χ1) is 65.9. The molecule has 0 saturated carbocycles. The van der Waals surface area contributed by atoms with Crippen LogP contribution in [0.3, 0.4) is 0 Å². The van der Waals surface area contributed by atoms with E-state index in [-0.39, 0.29) is 0 Å². The normalized spacial score (nSPS) is 12.8. The van der Waals surface area contributed by atoms with Crippen molar-refractivity contribution in [2.45, 2.75) is 38.9 Å². The topological polar surface area (TPSA) is 152 Å². The van der Waals surface area contributed by atoms with Crippen molar-refractivity contribution in [1.29, 1.82) is 0 Å². The third-order valence-corrected chi connectivity index (χ3v) is 31.2. The average Bonchev–Trinajstić information content (AvgIpc) is 1.60. The van der Waals surface area contributed by atoms with Gasteiger partial charge in [0.05, 0.1) is 11.2 Å². The number of benzene rings is 18. The third kappa shape index (κ3) is 18.7. The second-order valence-electron chi connectivity index (χ2n) is 34.4. The Hall–Kier alpha value is -11.3. The van der Waals surface area contributed by atoms with Crippen LogP contribution in [0.5, 0.6) is 0 Å². The maximum absolute atomic E-state index is 9.12. The standard InChI is InChI=1S/C36H29BO3S.C30H17BrOS.C18H10Br2O.C12H9BO3.C12H9BO2S.C6H3Br3/c1-35(2)36(3,4)40-37(39-35)26-18-24(22-13-15-28-27-9-5-7-11-31(27)38-32(28)20-22)17-25(19-26)23-14-16-30-29-10-6-8-12-33(29)41-34(30)21-23;31-22-14-20(18-9-11-24-23-5-1-3-7-27(23)32-28(24)16-18)13-21(15-22)19-10-12-26-25-6-2-4-8-29(25)33-30(26)17-19;19-13-7-12(8-14(20)10-13)11-5-6-16-15-3-1-2-4-17(15)21-18(16)9-11;2*14-13(15)8-5-6-10-9-3-1-2-4-11(9)16-12(10)7-8;7-4-1-5(8)3-6(9)2-4/h5-21H,1-4H3;1-17H;1-10H;2*1-7,14-15H;1-3H. The van der Waals surface area contributed by atoms with Crippen LogP contribution in [0, 0.1) is 0 Å². The van der Waals surface area contributed by atoms with Gasteiger partial charge in [-0.05, 0) is 264 Å². The molecule has 25 aromatic rings. The van der Waals surface area contributed by atoms with Crippen molar-refractivity contribution in [3.05, 3.63) is 397 Å². The summed E-state index contributed by atoms with van der Waals surface area (Å²) < 4.78 is 50.9. The van der Waals surface area contributed by atoms with E-state index < -0.39 is 32.6 Å². The first-order valence-corrected chi connectivity index (χ1v) is 51.1. The molecule has 662 valence electrons. The Kier molecular flexibility index (Phi) is 25.6. The van der Waals surface area contributed by atoms with Gasteiger partial charge in [0.25, 0.3) is 0 Å². The fraction of sp³-hybridized carbons (Fsp3) is 0.0526. The summed E-state index contributed by atoms with van der Waals surface area (Å²) >= 11 is 26.2. The fourth-order valence-electron chi connectivity index (χ4n) is 17.6. The van der Waals surface area contributed by atoms with Gasteiger partial charge in [-0.15, -0.1) is 34.0 Å². The number of thiophene rings is 3. The zero-order chi connectivity index (χ0) is 93.4. The molecule has 7 aromatic heterocycles. The third-order valence-electron chi connectivity index (χ3n) is 25.0. The highest BCUT2D eigenvalue weighted by atomic mass is 79.9. The van der Waals surface area contributed by atoms with Crippen LogP contribution in [0.15, 0.2) is 415 Å². The van der Waals surface area contributed by atoms with Crippen molar-refractivity contribution in [2.75, 3.05) is 0 Å². The Morgan fingerprint density at radius 1 is 0.213 bits per heavy atom. The number of rotatable bonds is 8. The van der Waals surface area contributed by atoms with E-state index in [1.54, 1.807) is 29.5 Å². The lowest BCUT2D eigenvalue weighted by atomic mass is 9.76. The van der Waals surface area contributed by atoms with Gasteiger partial charge >= 0.3 is 21.4 Å². The molecule has 1 aliphatic heterocycles. The van der Waals surface area contributed by atoms with Crippen LogP contribution in [0.4, 0.5) is 0 Å². The van der Waals surface area contributed by atoms with Gasteiger partial charge < -0.3 is 47.1 Å². The van der Waals surface area contributed by atoms with Gasteiger partial charge in [-0.2, -0.15) is 0 Å². The monoisotopic (exact) mass is 2210 g/mol. The largest absolute Gasteiger partial charge is 0.494 e. The van der Waals surface area contributed by atoms with Crippen LogP contribution in [0.25, 0.3) is 204 Å². The van der Waals surface area contributed by atoms with E-state index in [9.17, 15) is 0 Å². The number of fused-ring (bicyclic) bond motifs is 21. The van der Waals surface area contributed by atoms with Crippen LogP contribution in [-0.2, 0) is 9.31 Å². The van der Waals surface area contributed by atoms with Gasteiger partial charge in [0, 0.05) is 130 Å². The first-order valence-electron chi connectivity index (χ1n) is 43.9. The van der Waals surface area contributed by atoms with Crippen molar-refractivity contribution in [1.82, 2.24) is 0 Å². The highest BCUT2D eigenvalue weighted by Gasteiger charge is 2.52. The van der Waals surface area contributed by atoms with Crippen LogP contribution in [0.1, 0.15) is 27.7 Å². The first kappa shape index (κ1) is 91.1. The molecule has 8 heterocycles. The Morgan fingerprint density at radius 2 is 0.449 bits per heavy atom. The van der Waals surface area contributed by atoms with Crippen molar-refractivity contribution in [3.63, 3.8) is 0 Å². The molecule has 136 heavy (non-hydrogen) atoms. The second kappa shape index (κ2) is 38.2. The van der Waals surface area contributed by atoms with Crippen molar-refractivity contribution in [3.8, 4) is 55.6 Å². The molecule has 4 N–H and O–H groups in total. The molecule has 0 bridgehead atoms. The quantitative estimate of drug-likeness (QED) is 0.108. The van der Waals surface area contributed by atoms with E-state index in [4.69, 9.17) is 47.1 Å². The minimum atomic E-state index is -1.46. The van der Waals surface area contributed by atoms with E-state index in [0.29, 0.717) is 16.5 Å². The number of hydrogen-bond donors (Lipinski definition) is 4. The second-order valence-corrected chi connectivity index (χ2v) is 43.2. The summed E-state index contributed by atoms with van der Waals surface area (Å²) in [7, 11) is -3.31. The molecule has 1 aliphatic rings. The Morgan fingerprint density at radius 3 is 0.794 bits per heavy atom. The van der Waals surface area contributed by atoms with Crippen LogP contribution < -0.4 is 16.4 Å². The van der Waals surface area contributed by atoms with E-state index in [2.05, 4.69) is 354 Å². The highest BCUT2D eigenvalue weighted by Crippen LogP contribution is 2.45. The number of hydrogen-bond acceptors (Lipinski definition) is 13. The smallest absolute Gasteiger partial charge is 0.456 e. The predicted octanol–water partition coefficient (Wildman–Crippen LogP) is 33.4. The molecule has 0 aliphatic carbocycles. The Balaban J connectivity index is 0.000000104. The molecule has 26 rings (SSSR count). The van der Waals surface area contributed by atoms with Gasteiger partial charge in [0.2, 0.25) is 0 Å². The predicted molar refractivity (Wildman–Crippen MR) is 595 cm³/mol. The summed E-state index contributed by atoms with van der Waals surface area (Å²) in [5.41, 5.74) is 19.7. The molecule has 1 fully saturated rings. The molecular weight excluding hydrogens is 2140 g/mol. The summed E-state index contributed by atoms with van der Waals surface area (Å²) in [6.45, 7) is 8.40. The Labute approximate surface area is 845 Å². The maximum atomic E-state index is 9.12. The van der Waals surface area contributed by atoms with Crippen molar-refractivity contribution >= 4 is 316 Å². The molecule has 22 heteroatoms. The van der Waals surface area contributed by atoms with Gasteiger partial charge in [-0.1, -0.05) is 302 Å².